The lowest BCUT2D eigenvalue weighted by Gasteiger charge is -2.44. The molecule has 1 aromatic rings. The number of alkyl halides is 3. The third kappa shape index (κ3) is 4.07. The van der Waals surface area contributed by atoms with Gasteiger partial charge in [-0.3, -0.25) is 5.32 Å². The van der Waals surface area contributed by atoms with E-state index in [0.29, 0.717) is 11.8 Å². The van der Waals surface area contributed by atoms with Crippen LogP contribution >= 0.6 is 0 Å². The van der Waals surface area contributed by atoms with Gasteiger partial charge in [0, 0.05) is 18.5 Å². The van der Waals surface area contributed by atoms with Crippen LogP contribution in [0.3, 0.4) is 0 Å². The van der Waals surface area contributed by atoms with Crippen LogP contribution in [-0.4, -0.2) is 31.8 Å². The summed E-state index contributed by atoms with van der Waals surface area (Å²) in [5.74, 6) is 3.60. The maximum absolute atomic E-state index is 12.7. The first-order valence-corrected chi connectivity index (χ1v) is 8.28. The minimum Gasteiger partial charge on any atom is -0.443 e. The molecular formula is C18H20F3N2O2+. The molecule has 4 nitrogen and oxygen atoms in total. The number of ether oxygens (including phenoxy) is 1. The molecule has 0 saturated carbocycles. The lowest BCUT2D eigenvalue weighted by Crippen LogP contribution is -3.20. The zero-order chi connectivity index (χ0) is 18.0. The predicted octanol–water partition coefficient (Wildman–Crippen LogP) is 2.18. The highest BCUT2D eigenvalue weighted by Gasteiger charge is 2.43. The first-order chi connectivity index (χ1) is 11.9. The van der Waals surface area contributed by atoms with Crippen LogP contribution in [0.25, 0.3) is 0 Å². The summed E-state index contributed by atoms with van der Waals surface area (Å²) in [6.45, 7) is 2.16. The summed E-state index contributed by atoms with van der Waals surface area (Å²) in [4.78, 5) is 13.2. The van der Waals surface area contributed by atoms with Gasteiger partial charge in [0.15, 0.2) is 0 Å². The maximum atomic E-state index is 12.7. The molecule has 1 aromatic carbocycles. The van der Waals surface area contributed by atoms with Gasteiger partial charge in [0.05, 0.1) is 24.6 Å². The smallest absolute Gasteiger partial charge is 0.416 e. The summed E-state index contributed by atoms with van der Waals surface area (Å²) < 4.78 is 43.3. The van der Waals surface area contributed by atoms with E-state index in [1.54, 1.807) is 0 Å². The number of anilines is 1. The Hall–Kier alpha value is -2.20. The Labute approximate surface area is 144 Å². The number of piperidine rings is 3. The number of nitrogens with one attached hydrogen (secondary N) is 2. The van der Waals surface area contributed by atoms with Crippen molar-refractivity contribution in [3.63, 3.8) is 0 Å². The first-order valence-electron chi connectivity index (χ1n) is 8.28. The Bertz CT molecular complexity index is 684. The third-order valence-corrected chi connectivity index (χ3v) is 5.12. The van der Waals surface area contributed by atoms with Crippen molar-refractivity contribution in [2.75, 3.05) is 25.0 Å². The summed E-state index contributed by atoms with van der Waals surface area (Å²) in [7, 11) is 0. The number of amides is 1. The molecule has 3 heterocycles. The number of carbonyl (C=O) groups excluding carboxylic acids is 1. The van der Waals surface area contributed by atoms with Crippen molar-refractivity contribution in [1.29, 1.82) is 0 Å². The Morgan fingerprint density at radius 1 is 1.44 bits per heavy atom. The number of terminal acetylenes is 1. The highest BCUT2D eigenvalue weighted by molar-refractivity contribution is 5.84. The average Bonchev–Trinajstić information content (AvgIpc) is 2.60. The molecule has 4 rings (SSSR count). The summed E-state index contributed by atoms with van der Waals surface area (Å²) >= 11 is 0. The second-order valence-corrected chi connectivity index (χ2v) is 6.67. The molecule has 0 radical (unpaired) electrons. The van der Waals surface area contributed by atoms with Crippen molar-refractivity contribution in [3.8, 4) is 12.3 Å². The topological polar surface area (TPSA) is 42.8 Å². The highest BCUT2D eigenvalue weighted by Crippen LogP contribution is 2.30. The monoisotopic (exact) mass is 353 g/mol. The first kappa shape index (κ1) is 17.6. The van der Waals surface area contributed by atoms with Gasteiger partial charge < -0.3 is 9.64 Å². The van der Waals surface area contributed by atoms with E-state index in [1.165, 1.54) is 17.0 Å². The molecule has 134 valence electrons. The van der Waals surface area contributed by atoms with Crippen LogP contribution in [0.2, 0.25) is 0 Å². The molecule has 3 fully saturated rings. The molecule has 7 heteroatoms. The van der Waals surface area contributed by atoms with Crippen molar-refractivity contribution in [2.24, 2.45) is 11.8 Å². The molecule has 1 amide bonds. The molecular weight excluding hydrogens is 333 g/mol. The van der Waals surface area contributed by atoms with Gasteiger partial charge >= 0.3 is 12.3 Å². The highest BCUT2D eigenvalue weighted by atomic mass is 19.4. The van der Waals surface area contributed by atoms with Crippen molar-refractivity contribution in [1.82, 2.24) is 0 Å². The number of hydrogen-bond donors (Lipinski definition) is 2. The lowest BCUT2D eigenvalue weighted by molar-refractivity contribution is -0.945. The maximum Gasteiger partial charge on any atom is 0.416 e. The Morgan fingerprint density at radius 3 is 2.88 bits per heavy atom. The molecule has 2 N–H and O–H groups in total. The summed E-state index contributed by atoms with van der Waals surface area (Å²) in [6.07, 6.45) is 2.37. The zero-order valence-electron chi connectivity index (χ0n) is 13.6. The number of carbonyl (C=O) groups is 1. The van der Waals surface area contributed by atoms with E-state index in [9.17, 15) is 18.0 Å². The fraction of sp³-hybridized carbons (Fsp3) is 0.500. The SMILES string of the molecule is C#C[C@H]1C[NH+]2CC[C@H]1C[C@@H]2COC(=O)Nc1cccc(C(F)(F)F)c1. The van der Waals surface area contributed by atoms with Crippen LogP contribution in [0.4, 0.5) is 23.7 Å². The molecule has 3 aliphatic heterocycles. The molecule has 1 unspecified atom stereocenters. The molecule has 0 spiro atoms. The second kappa shape index (κ2) is 6.96. The number of rotatable bonds is 3. The third-order valence-electron chi connectivity index (χ3n) is 5.12. The van der Waals surface area contributed by atoms with E-state index in [1.807, 2.05) is 0 Å². The van der Waals surface area contributed by atoms with Gasteiger partial charge in [-0.05, 0) is 24.1 Å². The number of fused-ring (bicyclic) bond motifs is 3. The van der Waals surface area contributed by atoms with Crippen LogP contribution in [0.1, 0.15) is 18.4 Å². The normalized spacial score (nSPS) is 28.2. The molecule has 0 aliphatic carbocycles. The Balaban J connectivity index is 1.52. The summed E-state index contributed by atoms with van der Waals surface area (Å²) in [5, 5.41) is 2.36. The Morgan fingerprint density at radius 2 is 2.24 bits per heavy atom. The van der Waals surface area contributed by atoms with E-state index in [-0.39, 0.29) is 18.3 Å². The van der Waals surface area contributed by atoms with Crippen molar-refractivity contribution >= 4 is 11.8 Å². The number of quaternary nitrogens is 1. The van der Waals surface area contributed by atoms with Gasteiger partial charge in [-0.2, -0.15) is 13.2 Å². The standard InChI is InChI=1S/C18H19F3N2O2/c1-2-12-10-23-7-6-13(12)8-16(23)11-25-17(24)22-15-5-3-4-14(9-15)18(19,20)21/h1,3-5,9,12-13,16H,6-8,10-11H2,(H,22,24)/p+1/t12-,13-,16+/m0/s1. The number of benzene rings is 1. The van der Waals surface area contributed by atoms with Gasteiger partial charge in [0.25, 0.3) is 0 Å². The van der Waals surface area contributed by atoms with E-state index in [0.717, 1.165) is 38.1 Å². The Kier molecular flexibility index (Phi) is 4.91. The minimum atomic E-state index is -4.45. The predicted molar refractivity (Wildman–Crippen MR) is 85.9 cm³/mol. The molecule has 2 bridgehead atoms. The van der Waals surface area contributed by atoms with Crippen LogP contribution in [-0.2, 0) is 10.9 Å². The van der Waals surface area contributed by atoms with Gasteiger partial charge in [-0.15, -0.1) is 6.42 Å². The van der Waals surface area contributed by atoms with Crippen molar-refractivity contribution in [2.45, 2.75) is 25.1 Å². The van der Waals surface area contributed by atoms with Crippen LogP contribution in [0.5, 0.6) is 0 Å². The molecule has 25 heavy (non-hydrogen) atoms. The summed E-state index contributed by atoms with van der Waals surface area (Å²) in [5.41, 5.74) is -0.754. The minimum absolute atomic E-state index is 0.0602. The molecule has 3 aliphatic rings. The molecule has 0 aromatic heterocycles. The fourth-order valence-electron chi connectivity index (χ4n) is 3.79. The van der Waals surface area contributed by atoms with Crippen molar-refractivity contribution in [3.05, 3.63) is 29.8 Å². The number of hydrogen-bond acceptors (Lipinski definition) is 2. The van der Waals surface area contributed by atoms with Crippen LogP contribution < -0.4 is 10.2 Å². The van der Waals surface area contributed by atoms with Crippen LogP contribution in [0, 0.1) is 24.2 Å². The fourth-order valence-corrected chi connectivity index (χ4v) is 3.79. The van der Waals surface area contributed by atoms with E-state index in [2.05, 4.69) is 11.2 Å². The average molecular weight is 353 g/mol. The number of halogens is 3. The van der Waals surface area contributed by atoms with Crippen molar-refractivity contribution < 1.29 is 27.6 Å². The second-order valence-electron chi connectivity index (χ2n) is 6.67. The lowest BCUT2D eigenvalue weighted by atomic mass is 9.76. The van der Waals surface area contributed by atoms with Gasteiger partial charge in [-0.25, -0.2) is 4.79 Å². The molecule has 4 atom stereocenters. The largest absolute Gasteiger partial charge is 0.443 e. The van der Waals surface area contributed by atoms with E-state index in [4.69, 9.17) is 11.2 Å². The van der Waals surface area contributed by atoms with E-state index < -0.39 is 17.8 Å². The van der Waals surface area contributed by atoms with Gasteiger partial charge in [-0.1, -0.05) is 12.0 Å². The van der Waals surface area contributed by atoms with E-state index >= 15 is 0 Å². The quantitative estimate of drug-likeness (QED) is 0.818. The van der Waals surface area contributed by atoms with Gasteiger partial charge in [0.2, 0.25) is 0 Å². The molecule has 3 saturated heterocycles. The summed E-state index contributed by atoms with van der Waals surface area (Å²) in [6, 6.07) is 4.68. The zero-order valence-corrected chi connectivity index (χ0v) is 13.6. The van der Waals surface area contributed by atoms with Gasteiger partial charge in [0.1, 0.15) is 12.6 Å². The van der Waals surface area contributed by atoms with Crippen LogP contribution in [0.15, 0.2) is 24.3 Å².